The van der Waals surface area contributed by atoms with Gasteiger partial charge in [-0.3, -0.25) is 4.79 Å². The Balaban J connectivity index is 1.81. The van der Waals surface area contributed by atoms with Crippen LogP contribution in [0.4, 0.5) is 5.69 Å². The van der Waals surface area contributed by atoms with Gasteiger partial charge in [0.2, 0.25) is 0 Å². The van der Waals surface area contributed by atoms with Crippen LogP contribution in [-0.4, -0.2) is 12.5 Å². The molecule has 1 aromatic rings. The van der Waals surface area contributed by atoms with E-state index in [-0.39, 0.29) is 5.91 Å². The second kappa shape index (κ2) is 5.01. The number of nitrogen functional groups attached to an aromatic ring is 1. The fraction of sp³-hybridized carbons (Fsp3) is 0.462. The van der Waals surface area contributed by atoms with Gasteiger partial charge >= 0.3 is 0 Å². The van der Waals surface area contributed by atoms with Gasteiger partial charge in [-0.1, -0.05) is 31.4 Å². The molecule has 0 unspecified atom stereocenters. The van der Waals surface area contributed by atoms with Gasteiger partial charge in [-0.2, -0.15) is 0 Å². The lowest BCUT2D eigenvalue weighted by atomic mass is 9.83. The Bertz CT molecular complexity index is 372. The minimum absolute atomic E-state index is 0.0579. The summed E-state index contributed by atoms with van der Waals surface area (Å²) in [5, 5.41) is 2.92. The molecule has 0 bridgehead atoms. The Labute approximate surface area is 96.0 Å². The predicted octanol–water partition coefficient (Wildman–Crippen LogP) is 2.19. The summed E-state index contributed by atoms with van der Waals surface area (Å²) in [6.45, 7) is 0.762. The molecule has 1 fully saturated rings. The molecule has 3 N–H and O–H groups in total. The highest BCUT2D eigenvalue weighted by molar-refractivity contribution is 5.98. The standard InChI is InChI=1S/C13H18N2O/c14-12-7-2-1-6-11(12)13(16)15-9-8-10-4-3-5-10/h1-2,6-7,10H,3-5,8-9,14H2,(H,15,16). The topological polar surface area (TPSA) is 55.1 Å². The van der Waals surface area contributed by atoms with Crippen LogP contribution in [0.1, 0.15) is 36.0 Å². The number of carbonyl (C=O) groups excluding carboxylic acids is 1. The lowest BCUT2D eigenvalue weighted by Crippen LogP contribution is -2.27. The van der Waals surface area contributed by atoms with E-state index < -0.39 is 0 Å². The quantitative estimate of drug-likeness (QED) is 0.761. The van der Waals surface area contributed by atoms with Crippen LogP contribution in [0.25, 0.3) is 0 Å². The van der Waals surface area contributed by atoms with Crippen molar-refractivity contribution in [2.24, 2.45) is 5.92 Å². The van der Waals surface area contributed by atoms with Crippen molar-refractivity contribution in [3.8, 4) is 0 Å². The summed E-state index contributed by atoms with van der Waals surface area (Å²) in [7, 11) is 0. The molecule has 0 heterocycles. The van der Waals surface area contributed by atoms with E-state index in [1.165, 1.54) is 19.3 Å². The van der Waals surface area contributed by atoms with Crippen LogP contribution in [0, 0.1) is 5.92 Å². The van der Waals surface area contributed by atoms with Gasteiger partial charge in [0.15, 0.2) is 0 Å². The molecule has 0 radical (unpaired) electrons. The Morgan fingerprint density at radius 3 is 2.75 bits per heavy atom. The lowest BCUT2D eigenvalue weighted by Gasteiger charge is -2.25. The Hall–Kier alpha value is -1.51. The number of benzene rings is 1. The number of anilines is 1. The molecule has 3 heteroatoms. The number of hydrogen-bond acceptors (Lipinski definition) is 2. The molecule has 16 heavy (non-hydrogen) atoms. The summed E-state index contributed by atoms with van der Waals surface area (Å²) in [5.41, 5.74) is 6.85. The van der Waals surface area contributed by atoms with E-state index in [4.69, 9.17) is 5.73 Å². The van der Waals surface area contributed by atoms with Crippen molar-refractivity contribution < 1.29 is 4.79 Å². The first-order valence-corrected chi connectivity index (χ1v) is 5.90. The van der Waals surface area contributed by atoms with Crippen molar-refractivity contribution in [3.05, 3.63) is 29.8 Å². The van der Waals surface area contributed by atoms with E-state index in [2.05, 4.69) is 5.32 Å². The second-order valence-corrected chi connectivity index (χ2v) is 4.43. The molecule has 1 amide bonds. The minimum Gasteiger partial charge on any atom is -0.398 e. The van der Waals surface area contributed by atoms with Gasteiger partial charge in [-0.05, 0) is 24.5 Å². The number of para-hydroxylation sites is 1. The molecule has 0 aromatic heterocycles. The maximum Gasteiger partial charge on any atom is 0.253 e. The van der Waals surface area contributed by atoms with Crippen LogP contribution >= 0.6 is 0 Å². The van der Waals surface area contributed by atoms with Crippen molar-refractivity contribution in [1.29, 1.82) is 0 Å². The van der Waals surface area contributed by atoms with Crippen LogP contribution < -0.4 is 11.1 Å². The van der Waals surface area contributed by atoms with Gasteiger partial charge in [0.25, 0.3) is 5.91 Å². The number of amides is 1. The fourth-order valence-electron chi connectivity index (χ4n) is 1.97. The maximum absolute atomic E-state index is 11.8. The number of hydrogen-bond donors (Lipinski definition) is 2. The van der Waals surface area contributed by atoms with Crippen LogP contribution in [0.2, 0.25) is 0 Å². The summed E-state index contributed by atoms with van der Waals surface area (Å²) in [4.78, 5) is 11.8. The molecule has 3 nitrogen and oxygen atoms in total. The first-order valence-electron chi connectivity index (χ1n) is 5.90. The summed E-state index contributed by atoms with van der Waals surface area (Å²) < 4.78 is 0. The number of nitrogens with two attached hydrogens (primary N) is 1. The molecule has 1 aliphatic carbocycles. The monoisotopic (exact) mass is 218 g/mol. The molecule has 0 spiro atoms. The van der Waals surface area contributed by atoms with Crippen LogP contribution in [0.3, 0.4) is 0 Å². The second-order valence-electron chi connectivity index (χ2n) is 4.43. The van der Waals surface area contributed by atoms with Crippen LogP contribution in [0.5, 0.6) is 0 Å². The van der Waals surface area contributed by atoms with Crippen molar-refractivity contribution >= 4 is 11.6 Å². The third-order valence-corrected chi connectivity index (χ3v) is 3.27. The molecule has 1 aliphatic rings. The highest BCUT2D eigenvalue weighted by atomic mass is 16.1. The fourth-order valence-corrected chi connectivity index (χ4v) is 1.97. The zero-order valence-corrected chi connectivity index (χ0v) is 9.41. The Morgan fingerprint density at radius 1 is 1.38 bits per heavy atom. The molecule has 0 atom stereocenters. The molecule has 1 saturated carbocycles. The number of nitrogens with one attached hydrogen (secondary N) is 1. The Kier molecular flexibility index (Phi) is 3.44. The van der Waals surface area contributed by atoms with Gasteiger partial charge in [0.1, 0.15) is 0 Å². The first-order chi connectivity index (χ1) is 7.77. The Morgan fingerprint density at radius 2 is 2.12 bits per heavy atom. The van der Waals surface area contributed by atoms with Gasteiger partial charge in [0.05, 0.1) is 5.56 Å². The van der Waals surface area contributed by atoms with E-state index in [1.54, 1.807) is 12.1 Å². The van der Waals surface area contributed by atoms with E-state index in [9.17, 15) is 4.79 Å². The number of rotatable bonds is 4. The van der Waals surface area contributed by atoms with E-state index >= 15 is 0 Å². The molecule has 1 aromatic carbocycles. The van der Waals surface area contributed by atoms with Gasteiger partial charge in [0, 0.05) is 12.2 Å². The van der Waals surface area contributed by atoms with E-state index in [1.807, 2.05) is 12.1 Å². The van der Waals surface area contributed by atoms with E-state index in [0.29, 0.717) is 11.3 Å². The van der Waals surface area contributed by atoms with Crippen LogP contribution in [-0.2, 0) is 0 Å². The minimum atomic E-state index is -0.0579. The molecule has 0 saturated heterocycles. The highest BCUT2D eigenvalue weighted by Gasteiger charge is 2.17. The molecule has 2 rings (SSSR count). The highest BCUT2D eigenvalue weighted by Crippen LogP contribution is 2.28. The average Bonchev–Trinajstić information content (AvgIpc) is 2.22. The average molecular weight is 218 g/mol. The molecule has 0 aliphatic heterocycles. The third-order valence-electron chi connectivity index (χ3n) is 3.27. The summed E-state index contributed by atoms with van der Waals surface area (Å²) in [6, 6.07) is 7.17. The predicted molar refractivity (Wildman–Crippen MR) is 65.1 cm³/mol. The summed E-state index contributed by atoms with van der Waals surface area (Å²) >= 11 is 0. The van der Waals surface area contributed by atoms with Crippen molar-refractivity contribution in [2.45, 2.75) is 25.7 Å². The first kappa shape index (κ1) is 11.0. The summed E-state index contributed by atoms with van der Waals surface area (Å²) in [5.74, 6) is 0.769. The lowest BCUT2D eigenvalue weighted by molar-refractivity contribution is 0.0950. The third kappa shape index (κ3) is 2.54. The summed E-state index contributed by atoms with van der Waals surface area (Å²) in [6.07, 6.45) is 5.09. The smallest absolute Gasteiger partial charge is 0.253 e. The molecular weight excluding hydrogens is 200 g/mol. The molecular formula is C13H18N2O. The van der Waals surface area contributed by atoms with Gasteiger partial charge in [-0.15, -0.1) is 0 Å². The van der Waals surface area contributed by atoms with E-state index in [0.717, 1.165) is 18.9 Å². The van der Waals surface area contributed by atoms with Gasteiger partial charge in [-0.25, -0.2) is 0 Å². The SMILES string of the molecule is Nc1ccccc1C(=O)NCCC1CCC1. The maximum atomic E-state index is 11.8. The van der Waals surface area contributed by atoms with Crippen molar-refractivity contribution in [2.75, 3.05) is 12.3 Å². The zero-order chi connectivity index (χ0) is 11.4. The van der Waals surface area contributed by atoms with Crippen LogP contribution in [0.15, 0.2) is 24.3 Å². The van der Waals surface area contributed by atoms with Gasteiger partial charge < -0.3 is 11.1 Å². The zero-order valence-electron chi connectivity index (χ0n) is 9.41. The van der Waals surface area contributed by atoms with Crippen molar-refractivity contribution in [3.63, 3.8) is 0 Å². The number of carbonyl (C=O) groups is 1. The van der Waals surface area contributed by atoms with Crippen molar-refractivity contribution in [1.82, 2.24) is 5.32 Å². The molecule has 86 valence electrons. The normalized spacial score (nSPS) is 15.5. The largest absolute Gasteiger partial charge is 0.398 e.